The van der Waals surface area contributed by atoms with Gasteiger partial charge in [-0.1, -0.05) is 23.9 Å². The third-order valence-electron chi connectivity index (χ3n) is 5.34. The third-order valence-corrected chi connectivity index (χ3v) is 6.35. The summed E-state index contributed by atoms with van der Waals surface area (Å²) in [5.74, 6) is 1.17. The van der Waals surface area contributed by atoms with Crippen molar-refractivity contribution in [2.45, 2.75) is 5.16 Å². The number of hydrogen-bond donors (Lipinski definition) is 0. The van der Waals surface area contributed by atoms with Crippen molar-refractivity contribution >= 4 is 34.3 Å². The van der Waals surface area contributed by atoms with Gasteiger partial charge in [0, 0.05) is 38.9 Å². The van der Waals surface area contributed by atoms with Crippen LogP contribution in [0.25, 0.3) is 10.9 Å². The number of ether oxygens (including phenoxy) is 1. The lowest BCUT2D eigenvalue weighted by molar-refractivity contribution is -0.128. The fourth-order valence-electron chi connectivity index (χ4n) is 3.55. The van der Waals surface area contributed by atoms with Crippen LogP contribution in [0.4, 0.5) is 5.69 Å². The van der Waals surface area contributed by atoms with Gasteiger partial charge in [0.25, 0.3) is 5.56 Å². The molecular weight excluding hydrogens is 400 g/mol. The van der Waals surface area contributed by atoms with Gasteiger partial charge in [-0.2, -0.15) is 0 Å². The molecule has 4 rings (SSSR count). The standard InChI is InChI=1S/C22H24N4O3S/c1-24-21(28)18-5-3-4-6-19(18)23-22(24)30-15-20(27)26-13-11-25(12-14-26)16-7-9-17(29-2)10-8-16/h3-10H,11-15H2,1-2H3. The highest BCUT2D eigenvalue weighted by atomic mass is 32.2. The molecular formula is C22H24N4O3S. The Morgan fingerprint density at radius 3 is 2.47 bits per heavy atom. The molecule has 1 amide bonds. The summed E-state index contributed by atoms with van der Waals surface area (Å²) in [6.07, 6.45) is 0. The lowest BCUT2D eigenvalue weighted by atomic mass is 10.2. The number of piperazine rings is 1. The number of amides is 1. The molecule has 0 radical (unpaired) electrons. The average Bonchev–Trinajstić information content (AvgIpc) is 2.80. The van der Waals surface area contributed by atoms with E-state index in [1.807, 2.05) is 47.4 Å². The fraction of sp³-hybridized carbons (Fsp3) is 0.318. The van der Waals surface area contributed by atoms with Crippen LogP contribution < -0.4 is 15.2 Å². The molecule has 0 N–H and O–H groups in total. The lowest BCUT2D eigenvalue weighted by Gasteiger charge is -2.36. The topological polar surface area (TPSA) is 67.7 Å². The Morgan fingerprint density at radius 2 is 1.77 bits per heavy atom. The van der Waals surface area contributed by atoms with Crippen LogP contribution in [0.2, 0.25) is 0 Å². The van der Waals surface area contributed by atoms with Crippen LogP contribution in [0.15, 0.2) is 58.5 Å². The van der Waals surface area contributed by atoms with Crippen LogP contribution in [-0.2, 0) is 11.8 Å². The zero-order chi connectivity index (χ0) is 21.1. The van der Waals surface area contributed by atoms with Gasteiger partial charge < -0.3 is 14.5 Å². The molecule has 0 unspecified atom stereocenters. The van der Waals surface area contributed by atoms with Crippen molar-refractivity contribution in [2.24, 2.45) is 7.05 Å². The first-order valence-corrected chi connectivity index (χ1v) is 10.8. The first-order valence-electron chi connectivity index (χ1n) is 9.82. The minimum absolute atomic E-state index is 0.0665. The predicted octanol–water partition coefficient (Wildman–Crippen LogP) is 2.38. The Kier molecular flexibility index (Phi) is 5.94. The van der Waals surface area contributed by atoms with Crippen LogP contribution in [0.1, 0.15) is 0 Å². The summed E-state index contributed by atoms with van der Waals surface area (Å²) in [5, 5.41) is 1.15. The Balaban J connectivity index is 1.36. The molecule has 1 aliphatic heterocycles. The first kappa shape index (κ1) is 20.3. The molecule has 2 aromatic carbocycles. The summed E-state index contributed by atoms with van der Waals surface area (Å²) >= 11 is 1.31. The fourth-order valence-corrected chi connectivity index (χ4v) is 4.43. The maximum absolute atomic E-state index is 12.7. The largest absolute Gasteiger partial charge is 0.497 e. The van der Waals surface area contributed by atoms with Gasteiger partial charge in [-0.25, -0.2) is 4.98 Å². The maximum atomic E-state index is 12.7. The van der Waals surface area contributed by atoms with Crippen LogP contribution in [0.3, 0.4) is 0 Å². The number of aromatic nitrogens is 2. The molecule has 1 fully saturated rings. The van der Waals surface area contributed by atoms with Gasteiger partial charge in [-0.15, -0.1) is 0 Å². The SMILES string of the molecule is COc1ccc(N2CCN(C(=O)CSc3nc4ccccc4c(=O)n3C)CC2)cc1. The predicted molar refractivity (Wildman–Crippen MR) is 119 cm³/mol. The number of anilines is 1. The van der Waals surface area contributed by atoms with E-state index in [1.54, 1.807) is 20.2 Å². The molecule has 1 saturated heterocycles. The summed E-state index contributed by atoms with van der Waals surface area (Å²) in [4.78, 5) is 33.9. The number of nitrogens with zero attached hydrogens (tertiary/aromatic N) is 4. The highest BCUT2D eigenvalue weighted by molar-refractivity contribution is 7.99. The van der Waals surface area contributed by atoms with E-state index >= 15 is 0 Å². The van der Waals surface area contributed by atoms with Gasteiger partial charge >= 0.3 is 0 Å². The molecule has 0 spiro atoms. The van der Waals surface area contributed by atoms with Gasteiger partial charge in [0.05, 0.1) is 23.8 Å². The first-order chi connectivity index (χ1) is 14.6. The van der Waals surface area contributed by atoms with Gasteiger partial charge in [-0.05, 0) is 36.4 Å². The highest BCUT2D eigenvalue weighted by Crippen LogP contribution is 2.22. The van der Waals surface area contributed by atoms with Gasteiger partial charge in [0.1, 0.15) is 5.75 Å². The average molecular weight is 425 g/mol. The van der Waals surface area contributed by atoms with Crippen LogP contribution in [-0.4, -0.2) is 59.4 Å². The van der Waals surface area contributed by atoms with E-state index in [9.17, 15) is 9.59 Å². The number of carbonyl (C=O) groups excluding carboxylic acids is 1. The molecule has 7 nitrogen and oxygen atoms in total. The number of rotatable bonds is 5. The van der Waals surface area contributed by atoms with Gasteiger partial charge in [0.2, 0.25) is 5.91 Å². The molecule has 0 aliphatic carbocycles. The zero-order valence-electron chi connectivity index (χ0n) is 17.1. The number of para-hydroxylation sites is 1. The van der Waals surface area contributed by atoms with Gasteiger partial charge in [0.15, 0.2) is 5.16 Å². The van der Waals surface area contributed by atoms with Crippen molar-refractivity contribution in [3.8, 4) is 5.75 Å². The van der Waals surface area contributed by atoms with Crippen LogP contribution in [0, 0.1) is 0 Å². The Hall–Kier alpha value is -3.00. The molecule has 0 bridgehead atoms. The zero-order valence-corrected chi connectivity index (χ0v) is 17.9. The van der Waals surface area contributed by atoms with Crippen molar-refractivity contribution in [1.82, 2.24) is 14.5 Å². The Morgan fingerprint density at radius 1 is 1.07 bits per heavy atom. The van der Waals surface area contributed by atoms with Gasteiger partial charge in [-0.3, -0.25) is 14.2 Å². The molecule has 0 saturated carbocycles. The van der Waals surface area contributed by atoms with Crippen LogP contribution >= 0.6 is 11.8 Å². The van der Waals surface area contributed by atoms with E-state index in [4.69, 9.17) is 4.74 Å². The molecule has 156 valence electrons. The molecule has 0 atom stereocenters. The quantitative estimate of drug-likeness (QED) is 0.463. The number of carbonyl (C=O) groups is 1. The third kappa shape index (κ3) is 4.14. The maximum Gasteiger partial charge on any atom is 0.261 e. The van der Waals surface area contributed by atoms with Crippen molar-refractivity contribution in [1.29, 1.82) is 0 Å². The second kappa shape index (κ2) is 8.79. The highest BCUT2D eigenvalue weighted by Gasteiger charge is 2.22. The second-order valence-electron chi connectivity index (χ2n) is 7.13. The Bertz CT molecular complexity index is 1110. The number of thioether (sulfide) groups is 1. The molecule has 30 heavy (non-hydrogen) atoms. The van der Waals surface area contributed by atoms with E-state index < -0.39 is 0 Å². The molecule has 3 aromatic rings. The minimum Gasteiger partial charge on any atom is -0.497 e. The molecule has 1 aromatic heterocycles. The lowest BCUT2D eigenvalue weighted by Crippen LogP contribution is -2.49. The summed E-state index contributed by atoms with van der Waals surface area (Å²) in [5.41, 5.74) is 1.69. The number of benzene rings is 2. The van der Waals surface area contributed by atoms with E-state index in [-0.39, 0.29) is 17.2 Å². The Labute approximate surface area is 179 Å². The van der Waals surface area contributed by atoms with E-state index in [1.165, 1.54) is 16.3 Å². The summed E-state index contributed by atoms with van der Waals surface area (Å²) in [6.45, 7) is 2.93. The van der Waals surface area contributed by atoms with Crippen molar-refractivity contribution in [3.63, 3.8) is 0 Å². The molecule has 2 heterocycles. The number of fused-ring (bicyclic) bond motifs is 1. The minimum atomic E-state index is -0.0938. The van der Waals surface area contributed by atoms with Crippen LogP contribution in [0.5, 0.6) is 5.75 Å². The van der Waals surface area contributed by atoms with E-state index in [0.717, 1.165) is 24.5 Å². The van der Waals surface area contributed by atoms with Crippen molar-refractivity contribution in [3.05, 3.63) is 58.9 Å². The second-order valence-corrected chi connectivity index (χ2v) is 8.07. The number of methoxy groups -OCH3 is 1. The van der Waals surface area contributed by atoms with Crippen molar-refractivity contribution < 1.29 is 9.53 Å². The normalized spacial score (nSPS) is 14.2. The summed E-state index contributed by atoms with van der Waals surface area (Å²) < 4.78 is 6.72. The van der Waals surface area contributed by atoms with E-state index in [2.05, 4.69) is 9.88 Å². The molecule has 1 aliphatic rings. The monoisotopic (exact) mass is 424 g/mol. The van der Waals surface area contributed by atoms with Crippen molar-refractivity contribution in [2.75, 3.05) is 43.9 Å². The smallest absolute Gasteiger partial charge is 0.261 e. The summed E-state index contributed by atoms with van der Waals surface area (Å²) in [6, 6.07) is 15.3. The number of hydrogen-bond acceptors (Lipinski definition) is 6. The summed E-state index contributed by atoms with van der Waals surface area (Å²) in [7, 11) is 3.35. The molecule has 8 heteroatoms. The van der Waals surface area contributed by atoms with E-state index in [0.29, 0.717) is 29.1 Å².